The first kappa shape index (κ1) is 11.4. The number of nitrogens with one attached hydrogen (secondary N) is 2. The first-order chi connectivity index (χ1) is 8.75. The van der Waals surface area contributed by atoms with Gasteiger partial charge in [0.15, 0.2) is 0 Å². The number of rotatable bonds is 2. The Balaban J connectivity index is 1.95. The molecule has 2 heterocycles. The van der Waals surface area contributed by atoms with Crippen LogP contribution in [0.2, 0.25) is 0 Å². The summed E-state index contributed by atoms with van der Waals surface area (Å²) in [6, 6.07) is 10.9. The molecule has 1 aliphatic rings. The highest BCUT2D eigenvalue weighted by Gasteiger charge is 2.24. The fraction of sp³-hybridized carbons (Fsp3) is 0.143. The van der Waals surface area contributed by atoms with Crippen molar-refractivity contribution in [1.82, 2.24) is 10.9 Å². The molecule has 0 saturated heterocycles. The number of hydrogen-bond donors (Lipinski definition) is 2. The van der Waals surface area contributed by atoms with Crippen molar-refractivity contribution in [3.63, 3.8) is 0 Å². The Morgan fingerprint density at radius 2 is 1.94 bits per heavy atom. The van der Waals surface area contributed by atoms with E-state index in [2.05, 4.69) is 29.2 Å². The summed E-state index contributed by atoms with van der Waals surface area (Å²) in [5, 5.41) is 2.07. The second kappa shape index (κ2) is 4.55. The van der Waals surface area contributed by atoms with Crippen molar-refractivity contribution in [2.24, 2.45) is 0 Å². The van der Waals surface area contributed by atoms with E-state index in [9.17, 15) is 4.39 Å². The molecule has 2 aromatic rings. The smallest absolute Gasteiger partial charge is 0.123 e. The maximum atomic E-state index is 12.9. The van der Waals surface area contributed by atoms with Crippen LogP contribution >= 0.6 is 11.3 Å². The molecular formula is C14H13FN2S. The summed E-state index contributed by atoms with van der Waals surface area (Å²) in [5.74, 6) is -0.210. The molecule has 92 valence electrons. The van der Waals surface area contributed by atoms with Gasteiger partial charge in [-0.1, -0.05) is 6.07 Å². The molecule has 0 aliphatic carbocycles. The van der Waals surface area contributed by atoms with Gasteiger partial charge < -0.3 is 5.43 Å². The molecule has 0 bridgehead atoms. The van der Waals surface area contributed by atoms with E-state index in [4.69, 9.17) is 0 Å². The van der Waals surface area contributed by atoms with E-state index in [-0.39, 0.29) is 11.9 Å². The van der Waals surface area contributed by atoms with Crippen LogP contribution < -0.4 is 10.9 Å². The molecule has 1 unspecified atom stereocenters. The molecule has 0 radical (unpaired) electrons. The molecule has 0 fully saturated rings. The van der Waals surface area contributed by atoms with Crippen molar-refractivity contribution < 1.29 is 4.39 Å². The van der Waals surface area contributed by atoms with Crippen LogP contribution in [0.5, 0.6) is 0 Å². The highest BCUT2D eigenvalue weighted by atomic mass is 32.1. The van der Waals surface area contributed by atoms with E-state index in [1.165, 1.54) is 22.6 Å². The molecule has 1 aromatic carbocycles. The van der Waals surface area contributed by atoms with Gasteiger partial charge in [0.25, 0.3) is 0 Å². The monoisotopic (exact) mass is 260 g/mol. The van der Waals surface area contributed by atoms with E-state index in [0.29, 0.717) is 0 Å². The second-order valence-corrected chi connectivity index (χ2v) is 5.26. The van der Waals surface area contributed by atoms with Gasteiger partial charge >= 0.3 is 0 Å². The molecule has 4 heteroatoms. The van der Waals surface area contributed by atoms with Crippen LogP contribution in [0.25, 0.3) is 5.70 Å². The summed E-state index contributed by atoms with van der Waals surface area (Å²) >= 11 is 1.73. The number of thiophene rings is 1. The lowest BCUT2D eigenvalue weighted by molar-refractivity contribution is 0.608. The zero-order valence-corrected chi connectivity index (χ0v) is 10.7. The Morgan fingerprint density at radius 3 is 2.61 bits per heavy atom. The minimum atomic E-state index is -0.210. The lowest BCUT2D eigenvalue weighted by atomic mass is 10.0. The van der Waals surface area contributed by atoms with E-state index in [1.807, 2.05) is 6.07 Å². The van der Waals surface area contributed by atoms with Gasteiger partial charge in [0.05, 0.1) is 11.7 Å². The van der Waals surface area contributed by atoms with Gasteiger partial charge in [0.1, 0.15) is 5.82 Å². The number of benzene rings is 1. The first-order valence-electron chi connectivity index (χ1n) is 5.77. The van der Waals surface area contributed by atoms with Crippen LogP contribution in [0.15, 0.2) is 47.4 Å². The van der Waals surface area contributed by atoms with Gasteiger partial charge in [-0.15, -0.1) is 11.3 Å². The Morgan fingerprint density at radius 1 is 1.17 bits per heavy atom. The maximum absolute atomic E-state index is 12.9. The fourth-order valence-electron chi connectivity index (χ4n) is 2.15. The molecular weight excluding hydrogens is 247 g/mol. The van der Waals surface area contributed by atoms with E-state index in [1.54, 1.807) is 23.5 Å². The van der Waals surface area contributed by atoms with Crippen LogP contribution in [-0.2, 0) is 0 Å². The van der Waals surface area contributed by atoms with Crippen molar-refractivity contribution >= 4 is 17.0 Å². The summed E-state index contributed by atoms with van der Waals surface area (Å²) in [7, 11) is 0. The van der Waals surface area contributed by atoms with Gasteiger partial charge in [0, 0.05) is 4.88 Å². The standard InChI is InChI=1S/C14H13FN2S/c1-9-13(10-4-6-11(15)7-5-10)16-17-14(9)12-3-2-8-18-12/h2-8,14,16-17H,1H3. The molecule has 1 aliphatic heterocycles. The summed E-state index contributed by atoms with van der Waals surface area (Å²) in [4.78, 5) is 1.28. The number of halogens is 1. The molecule has 18 heavy (non-hydrogen) atoms. The molecule has 3 rings (SSSR count). The Kier molecular flexibility index (Phi) is 2.89. The quantitative estimate of drug-likeness (QED) is 0.864. The Labute approximate surface area is 109 Å². The molecule has 0 saturated carbocycles. The van der Waals surface area contributed by atoms with Crippen molar-refractivity contribution in [1.29, 1.82) is 0 Å². The molecule has 2 nitrogen and oxygen atoms in total. The third-order valence-corrected chi connectivity index (χ3v) is 4.07. The molecule has 1 aromatic heterocycles. The predicted molar refractivity (Wildman–Crippen MR) is 72.3 cm³/mol. The maximum Gasteiger partial charge on any atom is 0.123 e. The topological polar surface area (TPSA) is 24.1 Å². The average Bonchev–Trinajstić information content (AvgIpc) is 2.99. The van der Waals surface area contributed by atoms with Crippen molar-refractivity contribution in [2.75, 3.05) is 0 Å². The highest BCUT2D eigenvalue weighted by molar-refractivity contribution is 7.10. The number of hydrazine groups is 1. The fourth-order valence-corrected chi connectivity index (χ4v) is 3.00. The molecule has 0 amide bonds. The highest BCUT2D eigenvalue weighted by Crippen LogP contribution is 2.33. The van der Waals surface area contributed by atoms with Crippen LogP contribution in [-0.4, -0.2) is 0 Å². The van der Waals surface area contributed by atoms with Gasteiger partial charge in [-0.3, -0.25) is 0 Å². The number of hydrogen-bond acceptors (Lipinski definition) is 3. The van der Waals surface area contributed by atoms with Crippen LogP contribution in [0.1, 0.15) is 23.4 Å². The first-order valence-corrected chi connectivity index (χ1v) is 6.65. The predicted octanol–water partition coefficient (Wildman–Crippen LogP) is 3.47. The van der Waals surface area contributed by atoms with Gasteiger partial charge in [-0.05, 0) is 53.8 Å². The minimum Gasteiger partial charge on any atom is -0.320 e. The molecule has 2 N–H and O–H groups in total. The van der Waals surface area contributed by atoms with Crippen molar-refractivity contribution in [2.45, 2.75) is 13.0 Å². The van der Waals surface area contributed by atoms with Crippen molar-refractivity contribution in [3.8, 4) is 0 Å². The SMILES string of the molecule is CC1=C(c2ccc(F)cc2)NNC1c1cccs1. The zero-order chi connectivity index (χ0) is 12.5. The normalized spacial score (nSPS) is 19.1. The second-order valence-electron chi connectivity index (χ2n) is 4.28. The minimum absolute atomic E-state index is 0.199. The Hall–Kier alpha value is -1.65. The molecule has 0 spiro atoms. The van der Waals surface area contributed by atoms with Crippen LogP contribution in [0.4, 0.5) is 4.39 Å². The lowest BCUT2D eigenvalue weighted by Gasteiger charge is -2.08. The average molecular weight is 260 g/mol. The largest absolute Gasteiger partial charge is 0.320 e. The van der Waals surface area contributed by atoms with Gasteiger partial charge in [-0.2, -0.15) is 0 Å². The zero-order valence-electron chi connectivity index (χ0n) is 9.91. The lowest BCUT2D eigenvalue weighted by Crippen LogP contribution is -2.26. The summed E-state index contributed by atoms with van der Waals surface area (Å²) < 4.78 is 12.9. The van der Waals surface area contributed by atoms with Gasteiger partial charge in [0.2, 0.25) is 0 Å². The Bertz CT molecular complexity index is 572. The van der Waals surface area contributed by atoms with E-state index >= 15 is 0 Å². The van der Waals surface area contributed by atoms with Crippen LogP contribution in [0, 0.1) is 5.82 Å². The van der Waals surface area contributed by atoms with Crippen LogP contribution in [0.3, 0.4) is 0 Å². The molecule has 1 atom stereocenters. The van der Waals surface area contributed by atoms with E-state index < -0.39 is 0 Å². The van der Waals surface area contributed by atoms with Crippen molar-refractivity contribution in [3.05, 3.63) is 63.6 Å². The third kappa shape index (κ3) is 1.94. The van der Waals surface area contributed by atoms with Gasteiger partial charge in [-0.25, -0.2) is 9.82 Å². The summed E-state index contributed by atoms with van der Waals surface area (Å²) in [6.45, 7) is 2.09. The summed E-state index contributed by atoms with van der Waals surface area (Å²) in [6.07, 6.45) is 0. The van der Waals surface area contributed by atoms with E-state index in [0.717, 1.165) is 11.3 Å². The summed E-state index contributed by atoms with van der Waals surface area (Å²) in [5.41, 5.74) is 9.72. The third-order valence-electron chi connectivity index (χ3n) is 3.13.